The third-order valence-corrected chi connectivity index (χ3v) is 5.40. The van der Waals surface area contributed by atoms with E-state index in [1.54, 1.807) is 12.1 Å². The molecule has 3 unspecified atom stereocenters. The molecule has 2 aliphatic carbocycles. The second-order valence-corrected chi connectivity index (χ2v) is 7.41. The molecule has 0 radical (unpaired) electrons. The average Bonchev–Trinajstić information content (AvgIpc) is 2.99. The van der Waals surface area contributed by atoms with Gasteiger partial charge in [-0.2, -0.15) is 0 Å². The number of hydrogen-bond acceptors (Lipinski definition) is 2. The molecular formula is C14H16Cl3N3S. The van der Waals surface area contributed by atoms with Gasteiger partial charge >= 0.3 is 0 Å². The van der Waals surface area contributed by atoms with Gasteiger partial charge in [-0.05, 0) is 55.4 Å². The Morgan fingerprint density at radius 2 is 1.81 bits per heavy atom. The van der Waals surface area contributed by atoms with Gasteiger partial charge in [0.05, 0.1) is 15.7 Å². The minimum absolute atomic E-state index is 0.447. The lowest BCUT2D eigenvalue weighted by Crippen LogP contribution is -2.46. The molecule has 2 fully saturated rings. The maximum atomic E-state index is 6.10. The molecule has 3 nitrogen and oxygen atoms in total. The van der Waals surface area contributed by atoms with Gasteiger partial charge < -0.3 is 5.32 Å². The fraction of sp³-hybridized carbons (Fsp3) is 0.500. The number of nitrogens with one attached hydrogen (secondary N) is 3. The molecule has 0 heterocycles. The first-order valence-corrected chi connectivity index (χ1v) is 8.54. The van der Waals surface area contributed by atoms with E-state index in [0.29, 0.717) is 31.9 Å². The number of hydrazine groups is 1. The molecule has 3 rings (SSSR count). The van der Waals surface area contributed by atoms with E-state index in [0.717, 1.165) is 11.8 Å². The Hall–Kier alpha value is -0.420. The monoisotopic (exact) mass is 363 g/mol. The Bertz CT molecular complexity index is 543. The van der Waals surface area contributed by atoms with E-state index in [1.807, 2.05) is 0 Å². The summed E-state index contributed by atoms with van der Waals surface area (Å²) in [5.41, 5.74) is 6.46. The van der Waals surface area contributed by atoms with Crippen LogP contribution in [0.2, 0.25) is 15.1 Å². The van der Waals surface area contributed by atoms with Gasteiger partial charge in [0.15, 0.2) is 5.11 Å². The minimum atomic E-state index is 0.447. The van der Waals surface area contributed by atoms with Crippen LogP contribution in [0.1, 0.15) is 25.7 Å². The highest BCUT2D eigenvalue weighted by Gasteiger charge is 2.39. The topological polar surface area (TPSA) is 36.1 Å². The van der Waals surface area contributed by atoms with Crippen LogP contribution in [0.4, 0.5) is 5.69 Å². The summed E-state index contributed by atoms with van der Waals surface area (Å²) >= 11 is 23.4. The van der Waals surface area contributed by atoms with Gasteiger partial charge in [-0.25, -0.2) is 0 Å². The highest BCUT2D eigenvalue weighted by atomic mass is 35.5. The van der Waals surface area contributed by atoms with Gasteiger partial charge in [-0.1, -0.05) is 41.2 Å². The maximum absolute atomic E-state index is 6.10. The summed E-state index contributed by atoms with van der Waals surface area (Å²) < 4.78 is 0. The molecule has 2 aliphatic rings. The van der Waals surface area contributed by atoms with Crippen LogP contribution in [0, 0.1) is 11.8 Å². The van der Waals surface area contributed by atoms with E-state index >= 15 is 0 Å². The SMILES string of the molecule is S=C(NNc1c(Cl)cc(Cl)cc1Cl)NC1CC2CCC1C2. The molecule has 3 N–H and O–H groups in total. The van der Waals surface area contributed by atoms with Gasteiger partial charge in [0.2, 0.25) is 0 Å². The third-order valence-electron chi connectivity index (χ3n) is 4.36. The van der Waals surface area contributed by atoms with Crippen molar-refractivity contribution in [2.24, 2.45) is 11.8 Å². The first-order chi connectivity index (χ1) is 10.0. The zero-order chi connectivity index (χ0) is 15.0. The van der Waals surface area contributed by atoms with E-state index in [2.05, 4.69) is 16.2 Å². The van der Waals surface area contributed by atoms with Crippen LogP contribution in [0.3, 0.4) is 0 Å². The van der Waals surface area contributed by atoms with Gasteiger partial charge in [0.1, 0.15) is 0 Å². The van der Waals surface area contributed by atoms with Crippen molar-refractivity contribution in [3.63, 3.8) is 0 Å². The smallest absolute Gasteiger partial charge is 0.185 e. The summed E-state index contributed by atoms with van der Waals surface area (Å²) in [6, 6.07) is 3.75. The Morgan fingerprint density at radius 1 is 1.10 bits per heavy atom. The van der Waals surface area contributed by atoms with Crippen LogP contribution < -0.4 is 16.2 Å². The van der Waals surface area contributed by atoms with Crippen LogP contribution in [0.5, 0.6) is 0 Å². The molecule has 2 bridgehead atoms. The van der Waals surface area contributed by atoms with E-state index < -0.39 is 0 Å². The normalized spacial score (nSPS) is 26.7. The summed E-state index contributed by atoms with van der Waals surface area (Å²) in [5.74, 6) is 1.64. The highest BCUT2D eigenvalue weighted by Crippen LogP contribution is 2.44. The quantitative estimate of drug-likeness (QED) is 0.540. The van der Waals surface area contributed by atoms with E-state index in [-0.39, 0.29) is 0 Å². The van der Waals surface area contributed by atoms with Crippen molar-refractivity contribution in [2.45, 2.75) is 31.7 Å². The summed E-state index contributed by atoms with van der Waals surface area (Å²) in [5, 5.41) is 5.33. The Labute approximate surface area is 144 Å². The predicted molar refractivity (Wildman–Crippen MR) is 93.2 cm³/mol. The maximum Gasteiger partial charge on any atom is 0.185 e. The number of benzene rings is 1. The van der Waals surface area contributed by atoms with Crippen LogP contribution >= 0.6 is 47.0 Å². The van der Waals surface area contributed by atoms with Crippen LogP contribution in [0.25, 0.3) is 0 Å². The molecule has 0 aromatic heterocycles. The molecule has 2 saturated carbocycles. The van der Waals surface area contributed by atoms with E-state index in [9.17, 15) is 0 Å². The molecule has 7 heteroatoms. The number of thiocarbonyl (C=S) groups is 1. The number of halogens is 3. The van der Waals surface area contributed by atoms with Crippen molar-refractivity contribution in [3.05, 3.63) is 27.2 Å². The zero-order valence-electron chi connectivity index (χ0n) is 11.3. The van der Waals surface area contributed by atoms with Crippen molar-refractivity contribution in [3.8, 4) is 0 Å². The summed E-state index contributed by atoms with van der Waals surface area (Å²) in [6.45, 7) is 0. The molecule has 0 aliphatic heterocycles. The zero-order valence-corrected chi connectivity index (χ0v) is 14.3. The van der Waals surface area contributed by atoms with Gasteiger partial charge in [0.25, 0.3) is 0 Å². The fourth-order valence-corrected chi connectivity index (χ4v) is 4.52. The highest BCUT2D eigenvalue weighted by molar-refractivity contribution is 7.80. The van der Waals surface area contributed by atoms with Gasteiger partial charge in [0, 0.05) is 11.1 Å². The molecular weight excluding hydrogens is 349 g/mol. The largest absolute Gasteiger partial charge is 0.358 e. The molecule has 0 saturated heterocycles. The van der Waals surface area contributed by atoms with Crippen molar-refractivity contribution in [1.82, 2.24) is 10.7 Å². The number of anilines is 1. The molecule has 1 aromatic rings. The first-order valence-electron chi connectivity index (χ1n) is 7.00. The molecule has 0 spiro atoms. The number of rotatable bonds is 3. The lowest BCUT2D eigenvalue weighted by Gasteiger charge is -2.25. The van der Waals surface area contributed by atoms with Crippen molar-refractivity contribution < 1.29 is 0 Å². The standard InChI is InChI=1S/C14H16Cl3N3S/c15-9-5-10(16)13(11(17)6-9)19-20-14(21)18-12-4-7-1-2-8(12)3-7/h5-8,12,19H,1-4H2,(H2,18,20,21). The Balaban J connectivity index is 1.54. The van der Waals surface area contributed by atoms with E-state index in [1.165, 1.54) is 25.7 Å². The molecule has 3 atom stereocenters. The Morgan fingerprint density at radius 3 is 2.38 bits per heavy atom. The third kappa shape index (κ3) is 3.50. The van der Waals surface area contributed by atoms with Crippen LogP contribution in [0.15, 0.2) is 12.1 Å². The van der Waals surface area contributed by atoms with Crippen molar-refractivity contribution >= 4 is 57.8 Å². The predicted octanol–water partition coefficient (Wildman–Crippen LogP) is 4.63. The van der Waals surface area contributed by atoms with Crippen molar-refractivity contribution in [1.29, 1.82) is 0 Å². The van der Waals surface area contributed by atoms with Crippen LogP contribution in [-0.4, -0.2) is 11.2 Å². The molecule has 114 valence electrons. The minimum Gasteiger partial charge on any atom is -0.358 e. The van der Waals surface area contributed by atoms with Gasteiger partial charge in [-0.15, -0.1) is 0 Å². The first kappa shape index (κ1) is 15.5. The second-order valence-electron chi connectivity index (χ2n) is 5.75. The average molecular weight is 365 g/mol. The summed E-state index contributed by atoms with van der Waals surface area (Å²) in [4.78, 5) is 0. The molecule has 21 heavy (non-hydrogen) atoms. The molecule has 0 amide bonds. The Kier molecular flexibility index (Phi) is 4.69. The number of fused-ring (bicyclic) bond motifs is 2. The lowest BCUT2D eigenvalue weighted by atomic mass is 9.96. The number of hydrogen-bond donors (Lipinski definition) is 3. The van der Waals surface area contributed by atoms with Gasteiger partial charge in [-0.3, -0.25) is 10.9 Å². The second kappa shape index (κ2) is 6.37. The molecule has 1 aromatic carbocycles. The lowest BCUT2D eigenvalue weighted by molar-refractivity contribution is 0.390. The fourth-order valence-electron chi connectivity index (χ4n) is 3.41. The summed E-state index contributed by atoms with van der Waals surface area (Å²) in [7, 11) is 0. The van der Waals surface area contributed by atoms with Crippen LogP contribution in [-0.2, 0) is 0 Å². The van der Waals surface area contributed by atoms with Crippen molar-refractivity contribution in [2.75, 3.05) is 5.43 Å². The summed E-state index contributed by atoms with van der Waals surface area (Å²) in [6.07, 6.45) is 5.24. The van der Waals surface area contributed by atoms with E-state index in [4.69, 9.17) is 47.0 Å².